The fraction of sp³-hybridized carbons (Fsp3) is 0.148. The van der Waals surface area contributed by atoms with E-state index in [0.717, 1.165) is 15.1 Å². The van der Waals surface area contributed by atoms with Crippen LogP contribution in [0.5, 0.6) is 17.2 Å². The molecule has 0 aliphatic carbocycles. The lowest BCUT2D eigenvalue weighted by atomic mass is 9.92. The predicted molar refractivity (Wildman–Crippen MR) is 131 cm³/mol. The van der Waals surface area contributed by atoms with E-state index in [1.165, 1.54) is 20.3 Å². The molecule has 35 heavy (non-hydrogen) atoms. The van der Waals surface area contributed by atoms with Gasteiger partial charge in [-0.3, -0.25) is 4.79 Å². The molecule has 4 aromatic carbocycles. The number of hydrogen-bond donors (Lipinski definition) is 0. The maximum Gasteiger partial charge on any atom is 0.280 e. The van der Waals surface area contributed by atoms with Gasteiger partial charge in [0.15, 0.2) is 11.5 Å². The van der Waals surface area contributed by atoms with Gasteiger partial charge in [0.1, 0.15) is 11.8 Å². The molecule has 4 aromatic rings. The Balaban J connectivity index is 1.62. The third kappa shape index (κ3) is 3.85. The van der Waals surface area contributed by atoms with Gasteiger partial charge in [-0.25, -0.2) is 12.7 Å². The minimum atomic E-state index is -4.20. The van der Waals surface area contributed by atoms with Gasteiger partial charge in [-0.15, -0.1) is 0 Å². The molecule has 1 heterocycles. The van der Waals surface area contributed by atoms with Crippen molar-refractivity contribution in [2.45, 2.75) is 17.0 Å². The highest BCUT2D eigenvalue weighted by atomic mass is 32.2. The number of sulfonamides is 1. The minimum Gasteiger partial charge on any atom is -0.493 e. The van der Waals surface area contributed by atoms with E-state index in [2.05, 4.69) is 0 Å². The summed E-state index contributed by atoms with van der Waals surface area (Å²) >= 11 is 0. The highest BCUT2D eigenvalue weighted by Crippen LogP contribution is 2.47. The number of rotatable bonds is 7. The van der Waals surface area contributed by atoms with Crippen molar-refractivity contribution >= 4 is 26.7 Å². The van der Waals surface area contributed by atoms with E-state index in [-0.39, 0.29) is 4.90 Å². The SMILES string of the molecule is COc1cccc(C2C(Oc3ccccc3)C(=O)N2S(=O)(=O)c2ccc3ccccc3c2)c1OC. The average molecular weight is 490 g/mol. The van der Waals surface area contributed by atoms with Crippen LogP contribution < -0.4 is 14.2 Å². The van der Waals surface area contributed by atoms with Gasteiger partial charge in [-0.2, -0.15) is 0 Å². The Morgan fingerprint density at radius 3 is 2.20 bits per heavy atom. The van der Waals surface area contributed by atoms with Crippen molar-refractivity contribution in [2.75, 3.05) is 14.2 Å². The molecule has 1 saturated heterocycles. The van der Waals surface area contributed by atoms with E-state index in [1.807, 2.05) is 30.3 Å². The Hall–Kier alpha value is -4.04. The molecule has 0 N–H and O–H groups in total. The molecule has 1 aliphatic heterocycles. The van der Waals surface area contributed by atoms with Crippen LogP contribution in [0.2, 0.25) is 0 Å². The van der Waals surface area contributed by atoms with Crippen molar-refractivity contribution in [2.24, 2.45) is 0 Å². The highest BCUT2D eigenvalue weighted by Gasteiger charge is 2.57. The van der Waals surface area contributed by atoms with Gasteiger partial charge in [-0.05, 0) is 41.1 Å². The lowest BCUT2D eigenvalue weighted by Gasteiger charge is -2.45. The van der Waals surface area contributed by atoms with Crippen LogP contribution >= 0.6 is 0 Å². The highest BCUT2D eigenvalue weighted by molar-refractivity contribution is 7.89. The molecule has 0 bridgehead atoms. The van der Waals surface area contributed by atoms with Crippen molar-refractivity contribution in [3.8, 4) is 17.2 Å². The van der Waals surface area contributed by atoms with Gasteiger partial charge < -0.3 is 14.2 Å². The van der Waals surface area contributed by atoms with Crippen molar-refractivity contribution in [3.63, 3.8) is 0 Å². The Morgan fingerprint density at radius 2 is 1.49 bits per heavy atom. The molecule has 2 atom stereocenters. The van der Waals surface area contributed by atoms with Gasteiger partial charge in [0.25, 0.3) is 15.9 Å². The number of ether oxygens (including phenoxy) is 3. The summed E-state index contributed by atoms with van der Waals surface area (Å²) in [6, 6.07) is 25.3. The molecule has 1 amide bonds. The molecule has 0 aromatic heterocycles. The molecule has 8 heteroatoms. The number of hydrogen-bond acceptors (Lipinski definition) is 6. The first kappa shape index (κ1) is 22.7. The van der Waals surface area contributed by atoms with Crippen LogP contribution in [0.1, 0.15) is 11.6 Å². The van der Waals surface area contributed by atoms with Crippen LogP contribution in [-0.4, -0.2) is 39.0 Å². The van der Waals surface area contributed by atoms with E-state index in [4.69, 9.17) is 14.2 Å². The largest absolute Gasteiger partial charge is 0.493 e. The summed E-state index contributed by atoms with van der Waals surface area (Å²) in [5, 5.41) is 1.66. The Kier molecular flexibility index (Phi) is 5.82. The molecule has 0 spiro atoms. The van der Waals surface area contributed by atoms with E-state index in [0.29, 0.717) is 22.8 Å². The van der Waals surface area contributed by atoms with Crippen LogP contribution in [0, 0.1) is 0 Å². The minimum absolute atomic E-state index is 0.0228. The second kappa shape index (κ2) is 8.96. The molecule has 0 radical (unpaired) electrons. The zero-order chi connectivity index (χ0) is 24.6. The van der Waals surface area contributed by atoms with Crippen LogP contribution in [0.4, 0.5) is 0 Å². The maximum atomic E-state index is 13.8. The van der Waals surface area contributed by atoms with Gasteiger partial charge in [-0.1, -0.05) is 60.7 Å². The first-order valence-corrected chi connectivity index (χ1v) is 12.4. The van der Waals surface area contributed by atoms with Crippen molar-refractivity contribution in [1.29, 1.82) is 0 Å². The first-order chi connectivity index (χ1) is 17.0. The first-order valence-electron chi connectivity index (χ1n) is 11.0. The second-order valence-electron chi connectivity index (χ2n) is 8.03. The number of methoxy groups -OCH3 is 2. The summed E-state index contributed by atoms with van der Waals surface area (Å²) in [5.41, 5.74) is 0.469. The standard InChI is InChI=1S/C27H23NO6S/c1-32-23-14-8-13-22(25(23)33-2)24-26(34-20-11-4-3-5-12-20)27(29)28(24)35(30,31)21-16-15-18-9-6-7-10-19(18)17-21/h3-17,24,26H,1-2H3. The fourth-order valence-corrected chi connectivity index (χ4v) is 5.95. The number of carbonyl (C=O) groups is 1. The number of β-lactam (4-membered cyclic amide) rings is 1. The maximum absolute atomic E-state index is 13.8. The summed E-state index contributed by atoms with van der Waals surface area (Å²) in [4.78, 5) is 13.4. The molecule has 1 aliphatic rings. The van der Waals surface area contributed by atoms with E-state index >= 15 is 0 Å². The number of amides is 1. The van der Waals surface area contributed by atoms with Gasteiger partial charge >= 0.3 is 0 Å². The Labute approximate surface area is 203 Å². The predicted octanol–water partition coefficient (Wildman–Crippen LogP) is 4.58. The molecular weight excluding hydrogens is 466 g/mol. The fourth-order valence-electron chi connectivity index (χ4n) is 4.34. The van der Waals surface area contributed by atoms with Gasteiger partial charge in [0.2, 0.25) is 6.10 Å². The number of benzene rings is 4. The summed E-state index contributed by atoms with van der Waals surface area (Å²) < 4.78 is 45.4. The monoisotopic (exact) mass is 489 g/mol. The summed E-state index contributed by atoms with van der Waals surface area (Å²) in [7, 11) is -1.24. The zero-order valence-electron chi connectivity index (χ0n) is 19.1. The van der Waals surface area contributed by atoms with Gasteiger partial charge in [0, 0.05) is 5.56 Å². The molecule has 7 nitrogen and oxygen atoms in total. The summed E-state index contributed by atoms with van der Waals surface area (Å²) in [6.07, 6.45) is -1.06. The molecular formula is C27H23NO6S. The normalized spacial score (nSPS) is 17.7. The summed E-state index contributed by atoms with van der Waals surface area (Å²) in [6.45, 7) is 0. The molecule has 1 fully saturated rings. The van der Waals surface area contributed by atoms with Crippen molar-refractivity contribution in [3.05, 3.63) is 96.6 Å². The van der Waals surface area contributed by atoms with Crippen LogP contribution in [0.15, 0.2) is 95.9 Å². The number of carbonyl (C=O) groups excluding carboxylic acids is 1. The van der Waals surface area contributed by atoms with E-state index in [9.17, 15) is 13.2 Å². The van der Waals surface area contributed by atoms with E-state index < -0.39 is 28.1 Å². The van der Waals surface area contributed by atoms with Crippen molar-refractivity contribution in [1.82, 2.24) is 4.31 Å². The quantitative estimate of drug-likeness (QED) is 0.354. The van der Waals surface area contributed by atoms with Crippen LogP contribution in [-0.2, 0) is 14.8 Å². The van der Waals surface area contributed by atoms with Crippen molar-refractivity contribution < 1.29 is 27.4 Å². The van der Waals surface area contributed by atoms with Gasteiger partial charge in [0.05, 0.1) is 19.1 Å². The third-order valence-electron chi connectivity index (χ3n) is 6.04. The van der Waals surface area contributed by atoms with E-state index in [1.54, 1.807) is 54.6 Å². The molecule has 5 rings (SSSR count). The Bertz CT molecular complexity index is 1500. The lowest BCUT2D eigenvalue weighted by molar-refractivity contribution is -0.153. The number of para-hydroxylation sites is 2. The number of fused-ring (bicyclic) bond motifs is 1. The van der Waals surface area contributed by atoms with Crippen LogP contribution in [0.25, 0.3) is 10.8 Å². The topological polar surface area (TPSA) is 82.1 Å². The second-order valence-corrected chi connectivity index (χ2v) is 9.84. The smallest absolute Gasteiger partial charge is 0.280 e. The Morgan fingerprint density at radius 1 is 0.771 bits per heavy atom. The summed E-state index contributed by atoms with van der Waals surface area (Å²) in [5.74, 6) is 0.566. The zero-order valence-corrected chi connectivity index (χ0v) is 19.9. The average Bonchev–Trinajstić information content (AvgIpc) is 2.89. The van der Waals surface area contributed by atoms with Crippen LogP contribution in [0.3, 0.4) is 0 Å². The molecule has 2 unspecified atom stereocenters. The number of nitrogens with zero attached hydrogens (tertiary/aromatic N) is 1. The molecule has 178 valence electrons. The third-order valence-corrected chi connectivity index (χ3v) is 7.81. The lowest BCUT2D eigenvalue weighted by Crippen LogP contribution is -2.63. The molecule has 0 saturated carbocycles.